The van der Waals surface area contributed by atoms with Gasteiger partial charge in [0.2, 0.25) is 0 Å². The molecule has 1 aromatic heterocycles. The van der Waals surface area contributed by atoms with E-state index in [0.29, 0.717) is 19.2 Å². The summed E-state index contributed by atoms with van der Waals surface area (Å²) in [4.78, 5) is 8.66. The first-order valence-electron chi connectivity index (χ1n) is 9.82. The normalized spacial score (nSPS) is 19.4. The van der Waals surface area contributed by atoms with Gasteiger partial charge in [-0.1, -0.05) is 25.1 Å². The Morgan fingerprint density at radius 2 is 1.96 bits per heavy atom. The number of hydrogen-bond donors (Lipinski definition) is 2. The van der Waals surface area contributed by atoms with Gasteiger partial charge in [-0.05, 0) is 61.4 Å². The lowest BCUT2D eigenvalue weighted by Gasteiger charge is -2.28. The third-order valence-corrected chi connectivity index (χ3v) is 5.05. The number of aliphatic imine (C=N–C) groups is 1. The fourth-order valence-electron chi connectivity index (χ4n) is 3.36. The SMILES string of the molecule is CN=C(NCc1cccc(OCc2ccccn2)c1)NC1CCC(C)CC1.I. The number of ether oxygens (including phenoxy) is 1. The summed E-state index contributed by atoms with van der Waals surface area (Å²) in [6.45, 7) is 3.52. The molecular formula is C22H31IN4O. The highest BCUT2D eigenvalue weighted by Gasteiger charge is 2.18. The molecular weight excluding hydrogens is 463 g/mol. The number of rotatable bonds is 6. The van der Waals surface area contributed by atoms with Crippen LogP contribution in [0.4, 0.5) is 0 Å². The molecule has 0 spiro atoms. The van der Waals surface area contributed by atoms with E-state index < -0.39 is 0 Å². The van der Waals surface area contributed by atoms with Crippen molar-refractivity contribution in [1.29, 1.82) is 0 Å². The van der Waals surface area contributed by atoms with Crippen molar-refractivity contribution in [2.45, 2.75) is 51.8 Å². The van der Waals surface area contributed by atoms with Gasteiger partial charge < -0.3 is 15.4 Å². The van der Waals surface area contributed by atoms with Crippen LogP contribution < -0.4 is 15.4 Å². The Morgan fingerprint density at radius 1 is 1.14 bits per heavy atom. The van der Waals surface area contributed by atoms with Crippen molar-refractivity contribution in [3.63, 3.8) is 0 Å². The molecule has 2 aromatic rings. The number of aromatic nitrogens is 1. The third-order valence-electron chi connectivity index (χ3n) is 5.05. The van der Waals surface area contributed by atoms with Crippen LogP contribution >= 0.6 is 24.0 Å². The maximum atomic E-state index is 5.86. The summed E-state index contributed by atoms with van der Waals surface area (Å²) >= 11 is 0. The average Bonchev–Trinajstić information content (AvgIpc) is 2.72. The molecule has 1 saturated carbocycles. The highest BCUT2D eigenvalue weighted by atomic mass is 127. The Kier molecular flexibility index (Phi) is 9.54. The lowest BCUT2D eigenvalue weighted by molar-refractivity contribution is 0.301. The molecule has 1 heterocycles. The first-order valence-corrected chi connectivity index (χ1v) is 9.82. The van der Waals surface area contributed by atoms with Crippen LogP contribution in [0.1, 0.15) is 43.9 Å². The van der Waals surface area contributed by atoms with E-state index in [1.807, 2.05) is 37.4 Å². The van der Waals surface area contributed by atoms with E-state index >= 15 is 0 Å². The second-order valence-electron chi connectivity index (χ2n) is 7.28. The molecule has 5 nitrogen and oxygen atoms in total. The molecule has 2 N–H and O–H groups in total. The van der Waals surface area contributed by atoms with E-state index in [2.05, 4.69) is 39.7 Å². The maximum Gasteiger partial charge on any atom is 0.191 e. The number of pyridine rings is 1. The summed E-state index contributed by atoms with van der Waals surface area (Å²) in [5.74, 6) is 2.57. The van der Waals surface area contributed by atoms with Crippen molar-refractivity contribution in [2.75, 3.05) is 7.05 Å². The standard InChI is InChI=1S/C22H30N4O.HI/c1-17-9-11-19(12-10-17)26-22(23-2)25-15-18-6-5-8-21(14-18)27-16-20-7-3-4-13-24-20;/h3-8,13-14,17,19H,9-12,15-16H2,1-2H3,(H2,23,25,26);1H. The Bertz CT molecular complexity index is 730. The second kappa shape index (κ2) is 11.9. The minimum atomic E-state index is 0. The molecule has 6 heteroatoms. The minimum absolute atomic E-state index is 0. The predicted octanol–water partition coefficient (Wildman–Crippen LogP) is 4.52. The zero-order chi connectivity index (χ0) is 18.9. The molecule has 0 aliphatic heterocycles. The molecule has 0 atom stereocenters. The van der Waals surface area contributed by atoms with Crippen molar-refractivity contribution in [1.82, 2.24) is 15.6 Å². The zero-order valence-electron chi connectivity index (χ0n) is 16.7. The summed E-state index contributed by atoms with van der Waals surface area (Å²) in [5.41, 5.74) is 2.08. The fourth-order valence-corrected chi connectivity index (χ4v) is 3.36. The van der Waals surface area contributed by atoms with E-state index in [-0.39, 0.29) is 24.0 Å². The Hall–Kier alpha value is -1.83. The molecule has 1 aromatic carbocycles. The van der Waals surface area contributed by atoms with Crippen molar-refractivity contribution in [3.8, 4) is 5.75 Å². The topological polar surface area (TPSA) is 58.5 Å². The van der Waals surface area contributed by atoms with Gasteiger partial charge in [-0.25, -0.2) is 0 Å². The first-order chi connectivity index (χ1) is 13.2. The lowest BCUT2D eigenvalue weighted by atomic mass is 9.87. The van der Waals surface area contributed by atoms with Crippen LogP contribution in [0, 0.1) is 5.92 Å². The number of halogens is 1. The maximum absolute atomic E-state index is 5.86. The lowest BCUT2D eigenvalue weighted by Crippen LogP contribution is -2.44. The molecule has 0 bridgehead atoms. The zero-order valence-corrected chi connectivity index (χ0v) is 19.1. The van der Waals surface area contributed by atoms with Crippen molar-refractivity contribution >= 4 is 29.9 Å². The Balaban J connectivity index is 0.00000280. The van der Waals surface area contributed by atoms with Crippen LogP contribution in [-0.2, 0) is 13.2 Å². The van der Waals surface area contributed by atoms with Gasteiger partial charge >= 0.3 is 0 Å². The number of benzene rings is 1. The van der Waals surface area contributed by atoms with Crippen LogP contribution in [-0.4, -0.2) is 24.0 Å². The van der Waals surface area contributed by atoms with Gasteiger partial charge in [0.25, 0.3) is 0 Å². The molecule has 0 saturated heterocycles. The molecule has 1 aliphatic rings. The van der Waals surface area contributed by atoms with Gasteiger partial charge in [-0.2, -0.15) is 0 Å². The molecule has 0 radical (unpaired) electrons. The van der Waals surface area contributed by atoms with Crippen molar-refractivity contribution < 1.29 is 4.74 Å². The summed E-state index contributed by atoms with van der Waals surface area (Å²) < 4.78 is 5.86. The predicted molar refractivity (Wildman–Crippen MR) is 125 cm³/mol. The van der Waals surface area contributed by atoms with Crippen LogP contribution in [0.25, 0.3) is 0 Å². The summed E-state index contributed by atoms with van der Waals surface area (Å²) in [6, 6.07) is 14.5. The van der Waals surface area contributed by atoms with Crippen LogP contribution in [0.2, 0.25) is 0 Å². The Morgan fingerprint density at radius 3 is 2.68 bits per heavy atom. The minimum Gasteiger partial charge on any atom is -0.487 e. The van der Waals surface area contributed by atoms with Crippen molar-refractivity contribution in [2.24, 2.45) is 10.9 Å². The smallest absolute Gasteiger partial charge is 0.191 e. The van der Waals surface area contributed by atoms with Crippen LogP contribution in [0.15, 0.2) is 53.7 Å². The van der Waals surface area contributed by atoms with Crippen LogP contribution in [0.3, 0.4) is 0 Å². The average molecular weight is 494 g/mol. The van der Waals surface area contributed by atoms with E-state index in [0.717, 1.165) is 28.9 Å². The second-order valence-corrected chi connectivity index (χ2v) is 7.28. The third kappa shape index (κ3) is 7.30. The largest absolute Gasteiger partial charge is 0.487 e. The number of guanidine groups is 1. The first kappa shape index (κ1) is 22.5. The monoisotopic (exact) mass is 494 g/mol. The highest BCUT2D eigenvalue weighted by Crippen LogP contribution is 2.23. The van der Waals surface area contributed by atoms with E-state index in [4.69, 9.17) is 4.74 Å². The van der Waals surface area contributed by atoms with E-state index in [9.17, 15) is 0 Å². The molecule has 0 amide bonds. The van der Waals surface area contributed by atoms with Gasteiger partial charge in [0.1, 0.15) is 12.4 Å². The molecule has 1 aliphatic carbocycles. The van der Waals surface area contributed by atoms with Gasteiger partial charge in [0.05, 0.1) is 5.69 Å². The number of nitrogens with zero attached hydrogens (tertiary/aromatic N) is 2. The highest BCUT2D eigenvalue weighted by molar-refractivity contribution is 14.0. The van der Waals surface area contributed by atoms with Gasteiger partial charge in [-0.3, -0.25) is 9.98 Å². The number of nitrogens with one attached hydrogen (secondary N) is 2. The van der Waals surface area contributed by atoms with E-state index in [1.165, 1.54) is 25.7 Å². The van der Waals surface area contributed by atoms with Crippen molar-refractivity contribution in [3.05, 3.63) is 59.9 Å². The van der Waals surface area contributed by atoms with Gasteiger partial charge in [0.15, 0.2) is 5.96 Å². The summed E-state index contributed by atoms with van der Waals surface area (Å²) in [7, 11) is 1.83. The molecule has 1 fully saturated rings. The van der Waals surface area contributed by atoms with E-state index in [1.54, 1.807) is 6.20 Å². The summed E-state index contributed by atoms with van der Waals surface area (Å²) in [6.07, 6.45) is 6.82. The van der Waals surface area contributed by atoms with Crippen LogP contribution in [0.5, 0.6) is 5.75 Å². The summed E-state index contributed by atoms with van der Waals surface area (Å²) in [5, 5.41) is 6.97. The number of hydrogen-bond acceptors (Lipinski definition) is 3. The molecule has 0 unspecified atom stereocenters. The molecule has 3 rings (SSSR count). The molecule has 152 valence electrons. The quantitative estimate of drug-likeness (QED) is 0.352. The van der Waals surface area contributed by atoms with Gasteiger partial charge in [-0.15, -0.1) is 24.0 Å². The van der Waals surface area contributed by atoms with Gasteiger partial charge in [0, 0.05) is 25.8 Å². The Labute approximate surface area is 185 Å². The molecule has 28 heavy (non-hydrogen) atoms. The fraction of sp³-hybridized carbons (Fsp3) is 0.455.